The van der Waals surface area contributed by atoms with E-state index >= 15 is 0 Å². The highest BCUT2D eigenvalue weighted by Gasteiger charge is 2.21. The van der Waals surface area contributed by atoms with Gasteiger partial charge >= 0.3 is 0 Å². The summed E-state index contributed by atoms with van der Waals surface area (Å²) in [6.07, 6.45) is 0.848. The van der Waals surface area contributed by atoms with Crippen molar-refractivity contribution in [3.8, 4) is 0 Å². The monoisotopic (exact) mass is 333 g/mol. The van der Waals surface area contributed by atoms with E-state index in [4.69, 9.17) is 0 Å². The molecule has 0 atom stereocenters. The van der Waals surface area contributed by atoms with Crippen molar-refractivity contribution in [3.05, 3.63) is 46.8 Å². The number of amides is 1. The molecule has 0 fully saturated rings. The molecule has 3 N–H and O–H groups in total. The molecule has 1 aromatic heterocycles. The van der Waals surface area contributed by atoms with Crippen molar-refractivity contribution >= 4 is 21.6 Å². The van der Waals surface area contributed by atoms with E-state index < -0.39 is 10.0 Å². The second kappa shape index (κ2) is 5.82. The molecule has 7 heteroatoms. The van der Waals surface area contributed by atoms with Gasteiger partial charge in [-0.3, -0.25) is 4.79 Å². The normalized spacial score (nSPS) is 13.9. The lowest BCUT2D eigenvalue weighted by Crippen LogP contribution is -2.26. The van der Waals surface area contributed by atoms with Gasteiger partial charge in [-0.25, -0.2) is 13.1 Å². The molecule has 3 rings (SSSR count). The number of aromatic amines is 1. The number of H-pyrrole nitrogens is 1. The van der Waals surface area contributed by atoms with Crippen molar-refractivity contribution in [1.82, 2.24) is 9.71 Å². The Morgan fingerprint density at radius 3 is 2.70 bits per heavy atom. The number of carbonyl (C=O) groups excluding carboxylic acids is 1. The van der Waals surface area contributed by atoms with Crippen LogP contribution in [0, 0.1) is 13.8 Å². The number of sulfonamides is 1. The van der Waals surface area contributed by atoms with Crippen molar-refractivity contribution in [2.24, 2.45) is 0 Å². The fourth-order valence-electron chi connectivity index (χ4n) is 2.82. The molecule has 0 saturated carbocycles. The van der Waals surface area contributed by atoms with Gasteiger partial charge in [-0.2, -0.15) is 0 Å². The van der Waals surface area contributed by atoms with Crippen LogP contribution in [0.15, 0.2) is 29.2 Å². The molecule has 0 radical (unpaired) electrons. The van der Waals surface area contributed by atoms with Gasteiger partial charge in [0.1, 0.15) is 0 Å². The average molecular weight is 333 g/mol. The summed E-state index contributed by atoms with van der Waals surface area (Å²) in [5.41, 5.74) is 4.64. The average Bonchev–Trinajstić information content (AvgIpc) is 2.99. The first-order valence-corrected chi connectivity index (χ1v) is 8.91. The number of benzene rings is 1. The fourth-order valence-corrected chi connectivity index (χ4v) is 3.90. The summed E-state index contributed by atoms with van der Waals surface area (Å²) in [5.74, 6) is -0.110. The third-order valence-corrected chi connectivity index (χ3v) is 5.41. The Bertz CT molecular complexity index is 869. The molecule has 2 heterocycles. The van der Waals surface area contributed by atoms with Crippen LogP contribution in [0.25, 0.3) is 0 Å². The number of anilines is 1. The molecule has 0 bridgehead atoms. The van der Waals surface area contributed by atoms with Gasteiger partial charge in [0.05, 0.1) is 11.3 Å². The van der Waals surface area contributed by atoms with E-state index in [2.05, 4.69) is 15.0 Å². The number of nitrogens with one attached hydrogen (secondary N) is 3. The molecule has 1 aromatic carbocycles. The zero-order valence-electron chi connectivity index (χ0n) is 13.1. The van der Waals surface area contributed by atoms with E-state index in [0.717, 1.165) is 22.5 Å². The topological polar surface area (TPSA) is 91.1 Å². The Kier molecular flexibility index (Phi) is 3.99. The smallest absolute Gasteiger partial charge is 0.240 e. The summed E-state index contributed by atoms with van der Waals surface area (Å²) in [6.45, 7) is 4.27. The highest BCUT2D eigenvalue weighted by atomic mass is 32.2. The van der Waals surface area contributed by atoms with Gasteiger partial charge in [0, 0.05) is 23.6 Å². The van der Waals surface area contributed by atoms with Crippen LogP contribution in [0.5, 0.6) is 0 Å². The van der Waals surface area contributed by atoms with E-state index in [1.807, 2.05) is 19.9 Å². The third kappa shape index (κ3) is 3.30. The molecule has 1 aliphatic heterocycles. The molecule has 6 nitrogen and oxygen atoms in total. The van der Waals surface area contributed by atoms with Crippen molar-refractivity contribution in [1.29, 1.82) is 0 Å². The van der Waals surface area contributed by atoms with Gasteiger partial charge in [-0.05, 0) is 55.7 Å². The minimum absolute atomic E-state index is 0.110. The Balaban J connectivity index is 1.69. The maximum absolute atomic E-state index is 12.4. The third-order valence-electron chi connectivity index (χ3n) is 3.96. The predicted octanol–water partition coefficient (Wildman–Crippen LogP) is 1.65. The predicted molar refractivity (Wildman–Crippen MR) is 87.9 cm³/mol. The quantitative estimate of drug-likeness (QED) is 0.777. The highest BCUT2D eigenvalue weighted by molar-refractivity contribution is 7.89. The van der Waals surface area contributed by atoms with Gasteiger partial charge < -0.3 is 10.3 Å². The van der Waals surface area contributed by atoms with Crippen molar-refractivity contribution in [3.63, 3.8) is 0 Å². The number of fused-ring (bicyclic) bond motifs is 1. The number of hydrogen-bond donors (Lipinski definition) is 3. The minimum Gasteiger partial charge on any atom is -0.362 e. The summed E-state index contributed by atoms with van der Waals surface area (Å²) < 4.78 is 27.4. The van der Waals surface area contributed by atoms with Crippen molar-refractivity contribution in [2.75, 3.05) is 11.9 Å². The van der Waals surface area contributed by atoms with Crippen LogP contribution in [-0.4, -0.2) is 25.9 Å². The van der Waals surface area contributed by atoms with Crippen LogP contribution >= 0.6 is 0 Å². The molecule has 0 unspecified atom stereocenters. The lowest BCUT2D eigenvalue weighted by Gasteiger charge is -2.08. The lowest BCUT2D eigenvalue weighted by atomic mass is 10.2. The Hall–Kier alpha value is -2.12. The SMILES string of the molecule is Cc1cc(CCNS(=O)(=O)c2ccc3c(c2)CC(=O)N3)c(C)[nH]1. The maximum Gasteiger partial charge on any atom is 0.240 e. The Labute approximate surface area is 135 Å². The van der Waals surface area contributed by atoms with Crippen LogP contribution in [0.1, 0.15) is 22.5 Å². The zero-order chi connectivity index (χ0) is 16.6. The number of aryl methyl sites for hydroxylation is 2. The zero-order valence-corrected chi connectivity index (χ0v) is 13.9. The molecular weight excluding hydrogens is 314 g/mol. The summed E-state index contributed by atoms with van der Waals surface area (Å²) in [7, 11) is -3.57. The molecule has 0 saturated heterocycles. The first-order valence-electron chi connectivity index (χ1n) is 7.43. The molecule has 1 aliphatic rings. The standard InChI is InChI=1S/C16H19N3O3S/c1-10-7-12(11(2)18-10)5-6-17-23(21,22)14-3-4-15-13(8-14)9-16(20)19-15/h3-4,7-8,17-18H,5-6,9H2,1-2H3,(H,19,20). The fraction of sp³-hybridized carbons (Fsp3) is 0.312. The van der Waals surface area contributed by atoms with Crippen LogP contribution in [0.2, 0.25) is 0 Å². The van der Waals surface area contributed by atoms with E-state index in [-0.39, 0.29) is 17.2 Å². The van der Waals surface area contributed by atoms with Gasteiger partial charge in [0.25, 0.3) is 0 Å². The van der Waals surface area contributed by atoms with Crippen LogP contribution < -0.4 is 10.0 Å². The van der Waals surface area contributed by atoms with E-state index in [0.29, 0.717) is 18.7 Å². The van der Waals surface area contributed by atoms with Crippen molar-refractivity contribution < 1.29 is 13.2 Å². The molecule has 0 aliphatic carbocycles. The Morgan fingerprint density at radius 1 is 1.22 bits per heavy atom. The van der Waals surface area contributed by atoms with Crippen LogP contribution in [0.4, 0.5) is 5.69 Å². The van der Waals surface area contributed by atoms with Crippen LogP contribution in [0.3, 0.4) is 0 Å². The largest absolute Gasteiger partial charge is 0.362 e. The van der Waals surface area contributed by atoms with E-state index in [9.17, 15) is 13.2 Å². The Morgan fingerprint density at radius 2 is 2.00 bits per heavy atom. The first kappa shape index (κ1) is 15.8. The van der Waals surface area contributed by atoms with E-state index in [1.54, 1.807) is 12.1 Å². The van der Waals surface area contributed by atoms with Gasteiger partial charge in [0.15, 0.2) is 0 Å². The maximum atomic E-state index is 12.4. The second-order valence-corrected chi connectivity index (χ2v) is 7.56. The van der Waals surface area contributed by atoms with Crippen LogP contribution in [-0.2, 0) is 27.7 Å². The minimum atomic E-state index is -3.57. The molecule has 0 spiro atoms. The number of carbonyl (C=O) groups is 1. The summed E-state index contributed by atoms with van der Waals surface area (Å²) in [6, 6.07) is 6.73. The van der Waals surface area contributed by atoms with E-state index in [1.165, 1.54) is 6.07 Å². The van der Waals surface area contributed by atoms with Gasteiger partial charge in [0.2, 0.25) is 15.9 Å². The molecule has 1 amide bonds. The highest BCUT2D eigenvalue weighted by Crippen LogP contribution is 2.25. The molecule has 2 aromatic rings. The second-order valence-electron chi connectivity index (χ2n) is 5.79. The molecule has 122 valence electrons. The summed E-state index contributed by atoms with van der Waals surface area (Å²) >= 11 is 0. The molecular formula is C16H19N3O3S. The number of aromatic nitrogens is 1. The lowest BCUT2D eigenvalue weighted by molar-refractivity contribution is -0.115. The van der Waals surface area contributed by atoms with Gasteiger partial charge in [-0.1, -0.05) is 0 Å². The molecule has 23 heavy (non-hydrogen) atoms. The summed E-state index contributed by atoms with van der Waals surface area (Å²) in [4.78, 5) is 14.7. The number of hydrogen-bond acceptors (Lipinski definition) is 3. The first-order chi connectivity index (χ1) is 10.8. The number of rotatable bonds is 5. The van der Waals surface area contributed by atoms with Gasteiger partial charge in [-0.15, -0.1) is 0 Å². The van der Waals surface area contributed by atoms with Crippen molar-refractivity contribution in [2.45, 2.75) is 31.6 Å². The summed E-state index contributed by atoms with van der Waals surface area (Å²) in [5, 5.41) is 2.69.